The number of halogens is 1. The van der Waals surface area contributed by atoms with Crippen molar-refractivity contribution in [2.75, 3.05) is 13.2 Å². The molecular formula is C12H26FN3. The van der Waals surface area contributed by atoms with E-state index in [1.807, 2.05) is 0 Å². The zero-order valence-electron chi connectivity index (χ0n) is 10.8. The fraction of sp³-hybridized carbons (Fsp3) is 0.917. The van der Waals surface area contributed by atoms with Crippen LogP contribution in [0.2, 0.25) is 0 Å². The molecule has 0 radical (unpaired) electrons. The van der Waals surface area contributed by atoms with Gasteiger partial charge in [0.1, 0.15) is 0 Å². The second kappa shape index (κ2) is 9.43. The van der Waals surface area contributed by atoms with E-state index in [2.05, 4.69) is 31.1 Å². The summed E-state index contributed by atoms with van der Waals surface area (Å²) in [5.41, 5.74) is 5.66. The Morgan fingerprint density at radius 2 is 1.94 bits per heavy atom. The quantitative estimate of drug-likeness (QED) is 0.383. The first-order valence-electron chi connectivity index (χ1n) is 6.18. The second-order valence-corrected chi connectivity index (χ2v) is 4.68. The lowest BCUT2D eigenvalue weighted by molar-refractivity contribution is 0.476. The Bertz CT molecular complexity index is 193. The SMILES string of the molecule is CC(C)CCCC(C)NC(N)=NCCCF. The minimum Gasteiger partial charge on any atom is -0.370 e. The molecule has 0 heterocycles. The maximum atomic E-state index is 11.8. The van der Waals surface area contributed by atoms with Gasteiger partial charge in [0, 0.05) is 12.6 Å². The number of hydrogen-bond acceptors (Lipinski definition) is 1. The number of rotatable bonds is 8. The maximum Gasteiger partial charge on any atom is 0.188 e. The molecule has 0 amide bonds. The summed E-state index contributed by atoms with van der Waals surface area (Å²) in [7, 11) is 0. The average molecular weight is 231 g/mol. The van der Waals surface area contributed by atoms with Gasteiger partial charge in [-0.25, -0.2) is 0 Å². The van der Waals surface area contributed by atoms with E-state index < -0.39 is 0 Å². The number of aliphatic imine (C=N–C) groups is 1. The van der Waals surface area contributed by atoms with Gasteiger partial charge in [0.15, 0.2) is 5.96 Å². The van der Waals surface area contributed by atoms with E-state index in [9.17, 15) is 4.39 Å². The van der Waals surface area contributed by atoms with E-state index in [-0.39, 0.29) is 6.67 Å². The van der Waals surface area contributed by atoms with Crippen molar-refractivity contribution in [2.24, 2.45) is 16.6 Å². The summed E-state index contributed by atoms with van der Waals surface area (Å²) in [6.07, 6.45) is 3.98. The van der Waals surface area contributed by atoms with Crippen LogP contribution in [0.5, 0.6) is 0 Å². The molecule has 1 atom stereocenters. The van der Waals surface area contributed by atoms with Gasteiger partial charge < -0.3 is 11.1 Å². The Morgan fingerprint density at radius 1 is 1.25 bits per heavy atom. The third-order valence-corrected chi connectivity index (χ3v) is 2.39. The van der Waals surface area contributed by atoms with Crippen LogP contribution < -0.4 is 11.1 Å². The summed E-state index contributed by atoms with van der Waals surface area (Å²) in [4.78, 5) is 4.04. The predicted octanol–water partition coefficient (Wildman–Crippen LogP) is 2.47. The van der Waals surface area contributed by atoms with Crippen molar-refractivity contribution in [3.05, 3.63) is 0 Å². The van der Waals surface area contributed by atoms with Crippen molar-refractivity contribution in [3.63, 3.8) is 0 Å². The molecule has 0 fully saturated rings. The zero-order chi connectivity index (χ0) is 12.4. The van der Waals surface area contributed by atoms with Crippen LogP contribution in [0.3, 0.4) is 0 Å². The maximum absolute atomic E-state index is 11.8. The molecule has 0 rings (SSSR count). The van der Waals surface area contributed by atoms with Gasteiger partial charge in [-0.15, -0.1) is 0 Å². The molecule has 0 spiro atoms. The number of hydrogen-bond donors (Lipinski definition) is 2. The second-order valence-electron chi connectivity index (χ2n) is 4.68. The van der Waals surface area contributed by atoms with Crippen molar-refractivity contribution in [1.29, 1.82) is 0 Å². The van der Waals surface area contributed by atoms with E-state index in [4.69, 9.17) is 5.73 Å². The van der Waals surface area contributed by atoms with E-state index >= 15 is 0 Å². The average Bonchev–Trinajstić information content (AvgIpc) is 2.17. The summed E-state index contributed by atoms with van der Waals surface area (Å²) in [5.74, 6) is 1.19. The Kier molecular flexibility index (Phi) is 8.96. The molecular weight excluding hydrogens is 205 g/mol. The summed E-state index contributed by atoms with van der Waals surface area (Å²) >= 11 is 0. The van der Waals surface area contributed by atoms with Crippen LogP contribution in [-0.4, -0.2) is 25.2 Å². The molecule has 4 heteroatoms. The van der Waals surface area contributed by atoms with Gasteiger partial charge in [0.25, 0.3) is 0 Å². The molecule has 0 saturated heterocycles. The normalized spacial score (nSPS) is 14.2. The Hall–Kier alpha value is -0.800. The summed E-state index contributed by atoms with van der Waals surface area (Å²) in [5, 5.41) is 3.12. The van der Waals surface area contributed by atoms with Gasteiger partial charge in [0.05, 0.1) is 6.67 Å². The van der Waals surface area contributed by atoms with Gasteiger partial charge in [0.2, 0.25) is 0 Å². The highest BCUT2D eigenvalue weighted by Crippen LogP contribution is 2.07. The molecule has 0 aliphatic rings. The molecule has 0 aliphatic carbocycles. The molecule has 1 unspecified atom stereocenters. The minimum absolute atomic E-state index is 0.333. The minimum atomic E-state index is -0.333. The molecule has 96 valence electrons. The van der Waals surface area contributed by atoms with Crippen LogP contribution in [0.25, 0.3) is 0 Å². The van der Waals surface area contributed by atoms with Gasteiger partial charge >= 0.3 is 0 Å². The highest BCUT2D eigenvalue weighted by Gasteiger charge is 2.03. The molecule has 0 aromatic rings. The molecule has 0 aromatic heterocycles. The molecule has 0 bridgehead atoms. The van der Waals surface area contributed by atoms with Crippen molar-refractivity contribution in [3.8, 4) is 0 Å². The molecule has 3 nitrogen and oxygen atoms in total. The largest absolute Gasteiger partial charge is 0.370 e. The first-order chi connectivity index (χ1) is 7.56. The topological polar surface area (TPSA) is 50.4 Å². The molecule has 0 aliphatic heterocycles. The predicted molar refractivity (Wildman–Crippen MR) is 68.4 cm³/mol. The number of guanidine groups is 1. The van der Waals surface area contributed by atoms with Gasteiger partial charge in [-0.2, -0.15) is 0 Å². The van der Waals surface area contributed by atoms with Crippen molar-refractivity contribution in [1.82, 2.24) is 5.32 Å². The van der Waals surface area contributed by atoms with Crippen LogP contribution in [0, 0.1) is 5.92 Å². The fourth-order valence-corrected chi connectivity index (χ4v) is 1.46. The van der Waals surface area contributed by atoms with Gasteiger partial charge in [-0.05, 0) is 25.7 Å². The highest BCUT2D eigenvalue weighted by molar-refractivity contribution is 5.78. The van der Waals surface area contributed by atoms with Gasteiger partial charge in [-0.1, -0.05) is 26.7 Å². The number of nitrogens with one attached hydrogen (secondary N) is 1. The third-order valence-electron chi connectivity index (χ3n) is 2.39. The summed E-state index contributed by atoms with van der Waals surface area (Å²) in [6, 6.07) is 0.341. The van der Waals surface area contributed by atoms with Crippen LogP contribution in [-0.2, 0) is 0 Å². The van der Waals surface area contributed by atoms with Crippen molar-refractivity contribution >= 4 is 5.96 Å². The van der Waals surface area contributed by atoms with Crippen LogP contribution >= 0.6 is 0 Å². The molecule has 16 heavy (non-hydrogen) atoms. The van der Waals surface area contributed by atoms with E-state index in [1.54, 1.807) is 0 Å². The standard InChI is InChI=1S/C12H26FN3/c1-10(2)6-4-7-11(3)16-12(14)15-9-5-8-13/h10-11H,4-9H2,1-3H3,(H3,14,15,16). The molecule has 3 N–H and O–H groups in total. The zero-order valence-corrected chi connectivity index (χ0v) is 10.8. The summed E-state index contributed by atoms with van der Waals surface area (Å²) in [6.45, 7) is 6.68. The number of nitrogens with two attached hydrogens (primary N) is 1. The lowest BCUT2D eigenvalue weighted by Crippen LogP contribution is -2.38. The van der Waals surface area contributed by atoms with E-state index in [0.717, 1.165) is 12.3 Å². The molecule has 0 saturated carbocycles. The van der Waals surface area contributed by atoms with Crippen LogP contribution in [0.1, 0.15) is 46.5 Å². The Labute approximate surface area is 98.7 Å². The third kappa shape index (κ3) is 9.74. The highest BCUT2D eigenvalue weighted by atomic mass is 19.1. The van der Waals surface area contributed by atoms with E-state index in [1.165, 1.54) is 12.8 Å². The first-order valence-corrected chi connectivity index (χ1v) is 6.18. The fourth-order valence-electron chi connectivity index (χ4n) is 1.46. The van der Waals surface area contributed by atoms with Gasteiger partial charge in [-0.3, -0.25) is 9.38 Å². The first kappa shape index (κ1) is 15.2. The van der Waals surface area contributed by atoms with Crippen molar-refractivity contribution < 1.29 is 4.39 Å². The molecule has 0 aromatic carbocycles. The van der Waals surface area contributed by atoms with Crippen LogP contribution in [0.15, 0.2) is 4.99 Å². The number of alkyl halides is 1. The monoisotopic (exact) mass is 231 g/mol. The Morgan fingerprint density at radius 3 is 2.50 bits per heavy atom. The summed E-state index contributed by atoms with van der Waals surface area (Å²) < 4.78 is 11.8. The number of nitrogens with zero attached hydrogens (tertiary/aromatic N) is 1. The Balaban J connectivity index is 3.60. The smallest absolute Gasteiger partial charge is 0.188 e. The van der Waals surface area contributed by atoms with Crippen LogP contribution in [0.4, 0.5) is 4.39 Å². The van der Waals surface area contributed by atoms with E-state index in [0.29, 0.717) is 25.0 Å². The van der Waals surface area contributed by atoms with Crippen molar-refractivity contribution in [2.45, 2.75) is 52.5 Å². The lowest BCUT2D eigenvalue weighted by atomic mass is 10.0. The lowest BCUT2D eigenvalue weighted by Gasteiger charge is -2.14.